The molecule has 0 spiro atoms. The zero-order valence-electron chi connectivity index (χ0n) is 22.8. The minimum atomic E-state index is -3.07. The summed E-state index contributed by atoms with van der Waals surface area (Å²) in [5.41, 5.74) is 2.41. The fraction of sp³-hybridized carbons (Fsp3) is 0.241. The Bertz CT molecular complexity index is 1670. The van der Waals surface area contributed by atoms with Crippen LogP contribution in [0, 0.1) is 0 Å². The van der Waals surface area contributed by atoms with Gasteiger partial charge in [0.2, 0.25) is 0 Å². The maximum Gasteiger partial charge on any atom is 0.387 e. The van der Waals surface area contributed by atoms with E-state index >= 15 is 0 Å². The molecule has 2 aromatic carbocycles. The van der Waals surface area contributed by atoms with Crippen LogP contribution in [0.1, 0.15) is 29.3 Å². The van der Waals surface area contributed by atoms with Crippen molar-refractivity contribution in [3.8, 4) is 28.5 Å². The number of halogens is 2. The van der Waals surface area contributed by atoms with Crippen LogP contribution in [0.5, 0.6) is 17.2 Å². The lowest BCUT2D eigenvalue weighted by molar-refractivity contribution is -0.0494. The highest BCUT2D eigenvalue weighted by molar-refractivity contribution is 6.09. The molecule has 0 aliphatic carbocycles. The van der Waals surface area contributed by atoms with Gasteiger partial charge in [-0.05, 0) is 62.0 Å². The predicted molar refractivity (Wildman–Crippen MR) is 149 cm³/mol. The Labute approximate surface area is 235 Å². The molecule has 1 N–H and O–H groups in total. The van der Waals surface area contributed by atoms with E-state index in [1.165, 1.54) is 21.5 Å². The Morgan fingerprint density at radius 1 is 1.15 bits per heavy atom. The summed E-state index contributed by atoms with van der Waals surface area (Å²) in [6.07, 6.45) is 7.26. The van der Waals surface area contributed by atoms with Crippen molar-refractivity contribution in [2.24, 2.45) is 7.05 Å². The molecule has 0 fully saturated rings. The van der Waals surface area contributed by atoms with Crippen molar-refractivity contribution in [2.75, 3.05) is 18.9 Å². The molecule has 5 rings (SSSR count). The van der Waals surface area contributed by atoms with E-state index in [0.29, 0.717) is 17.1 Å². The third kappa shape index (κ3) is 6.49. The van der Waals surface area contributed by atoms with Crippen LogP contribution >= 0.6 is 0 Å². The summed E-state index contributed by atoms with van der Waals surface area (Å²) >= 11 is 0. The van der Waals surface area contributed by atoms with E-state index in [4.69, 9.17) is 9.47 Å². The topological polar surface area (TPSA) is 98.8 Å². The third-order valence-electron chi connectivity index (χ3n) is 6.22. The number of anilines is 1. The van der Waals surface area contributed by atoms with Gasteiger partial charge in [-0.1, -0.05) is 19.1 Å². The maximum absolute atomic E-state index is 13.3. The number of alkyl halides is 2. The second kappa shape index (κ2) is 12.1. The molecule has 3 heterocycles. The fourth-order valence-corrected chi connectivity index (χ4v) is 4.53. The molecule has 0 aliphatic heterocycles. The van der Waals surface area contributed by atoms with Crippen LogP contribution in [0.25, 0.3) is 16.9 Å². The van der Waals surface area contributed by atoms with Crippen LogP contribution in [0.4, 0.5) is 14.5 Å². The molecule has 1 amide bonds. The van der Waals surface area contributed by atoms with Crippen molar-refractivity contribution in [1.82, 2.24) is 29.3 Å². The molecule has 0 saturated carbocycles. The van der Waals surface area contributed by atoms with Gasteiger partial charge < -0.3 is 19.7 Å². The molecule has 0 saturated heterocycles. The number of benzene rings is 2. The summed E-state index contributed by atoms with van der Waals surface area (Å²) < 4.78 is 40.6. The summed E-state index contributed by atoms with van der Waals surface area (Å²) in [4.78, 5) is 19.6. The molecular formula is C29H29F2N7O3. The van der Waals surface area contributed by atoms with Crippen LogP contribution in [0.3, 0.4) is 0 Å². The first-order chi connectivity index (χ1) is 19.8. The van der Waals surface area contributed by atoms with E-state index in [1.54, 1.807) is 43.8 Å². The minimum Gasteiger partial charge on any atom is -0.457 e. The van der Waals surface area contributed by atoms with Crippen molar-refractivity contribution < 1.29 is 23.0 Å². The maximum atomic E-state index is 13.3. The van der Waals surface area contributed by atoms with Gasteiger partial charge in [0.1, 0.15) is 28.5 Å². The van der Waals surface area contributed by atoms with Crippen molar-refractivity contribution in [3.05, 3.63) is 84.4 Å². The molecule has 3 aromatic heterocycles. The molecule has 0 unspecified atom stereocenters. The van der Waals surface area contributed by atoms with Crippen molar-refractivity contribution >= 4 is 17.2 Å². The first kappa shape index (κ1) is 27.7. The van der Waals surface area contributed by atoms with Gasteiger partial charge in [-0.2, -0.15) is 19.0 Å². The summed E-state index contributed by atoms with van der Waals surface area (Å²) in [6, 6.07) is 13.9. The Balaban J connectivity index is 1.46. The standard InChI is InChI=1S/C29H29F2N7O3/c1-4-12-36(2)17-19-7-5-8-20(14-19)40-21-9-10-25(41-29(30)31)22(15-21)26-24(18-37(3)35-26)34-28(39)23-16-33-38-13-6-11-32-27(23)38/h5-11,13-16,18,29H,4,12,17H2,1-3H3,(H,34,39). The summed E-state index contributed by atoms with van der Waals surface area (Å²) in [5, 5.41) is 11.4. The number of nitrogens with one attached hydrogen (secondary N) is 1. The number of nitrogens with zero attached hydrogens (tertiary/aromatic N) is 6. The Morgan fingerprint density at radius 3 is 2.78 bits per heavy atom. The SMILES string of the molecule is CCCN(C)Cc1cccc(Oc2ccc(OC(F)F)c(-c3nn(C)cc3NC(=O)c3cnn4cccnc34)c2)c1. The quantitative estimate of drug-likeness (QED) is 0.224. The van der Waals surface area contributed by atoms with Crippen LogP contribution in [-0.4, -0.2) is 55.4 Å². The highest BCUT2D eigenvalue weighted by Gasteiger charge is 2.22. The highest BCUT2D eigenvalue weighted by Crippen LogP contribution is 2.39. The second-order valence-electron chi connectivity index (χ2n) is 9.49. The number of aromatic nitrogens is 5. The lowest BCUT2D eigenvalue weighted by Crippen LogP contribution is -2.18. The van der Waals surface area contributed by atoms with Gasteiger partial charge in [0, 0.05) is 32.2 Å². The fourth-order valence-electron chi connectivity index (χ4n) is 4.53. The Hall–Kier alpha value is -4.84. The Morgan fingerprint density at radius 2 is 1.98 bits per heavy atom. The van der Waals surface area contributed by atoms with Crippen LogP contribution < -0.4 is 14.8 Å². The van der Waals surface area contributed by atoms with E-state index in [9.17, 15) is 13.6 Å². The first-order valence-corrected chi connectivity index (χ1v) is 13.0. The normalized spacial score (nSPS) is 11.4. The van der Waals surface area contributed by atoms with Gasteiger partial charge >= 0.3 is 6.61 Å². The minimum absolute atomic E-state index is 0.117. The van der Waals surface area contributed by atoms with Gasteiger partial charge in [-0.15, -0.1) is 0 Å². The van der Waals surface area contributed by atoms with Gasteiger partial charge in [0.05, 0.1) is 17.4 Å². The smallest absolute Gasteiger partial charge is 0.387 e. The van der Waals surface area contributed by atoms with Crippen LogP contribution in [0.15, 0.2) is 73.3 Å². The van der Waals surface area contributed by atoms with E-state index in [1.807, 2.05) is 24.3 Å². The third-order valence-corrected chi connectivity index (χ3v) is 6.22. The lowest BCUT2D eigenvalue weighted by Gasteiger charge is -2.16. The van der Waals surface area contributed by atoms with Crippen molar-refractivity contribution in [1.29, 1.82) is 0 Å². The molecule has 10 nitrogen and oxygen atoms in total. The van der Waals surface area contributed by atoms with Gasteiger partial charge in [-0.3, -0.25) is 9.48 Å². The molecule has 0 radical (unpaired) electrons. The number of ether oxygens (including phenoxy) is 2. The molecular weight excluding hydrogens is 532 g/mol. The lowest BCUT2D eigenvalue weighted by atomic mass is 10.1. The molecule has 212 valence electrons. The number of fused-ring (bicyclic) bond motifs is 1. The van der Waals surface area contributed by atoms with E-state index < -0.39 is 12.5 Å². The largest absolute Gasteiger partial charge is 0.457 e. The summed E-state index contributed by atoms with van der Waals surface area (Å²) in [6.45, 7) is 0.793. The summed E-state index contributed by atoms with van der Waals surface area (Å²) in [7, 11) is 3.71. The monoisotopic (exact) mass is 561 g/mol. The first-order valence-electron chi connectivity index (χ1n) is 13.0. The number of amides is 1. The average Bonchev–Trinajstić information content (AvgIpc) is 3.53. The zero-order valence-corrected chi connectivity index (χ0v) is 22.8. The van der Waals surface area contributed by atoms with Gasteiger partial charge in [0.25, 0.3) is 5.91 Å². The number of carbonyl (C=O) groups is 1. The van der Waals surface area contributed by atoms with Crippen LogP contribution in [0.2, 0.25) is 0 Å². The summed E-state index contributed by atoms with van der Waals surface area (Å²) in [5.74, 6) is 0.377. The Kier molecular flexibility index (Phi) is 8.20. The molecule has 41 heavy (non-hydrogen) atoms. The van der Waals surface area contributed by atoms with Crippen LogP contribution in [-0.2, 0) is 13.6 Å². The highest BCUT2D eigenvalue weighted by atomic mass is 19.3. The number of carbonyl (C=O) groups excluding carboxylic acids is 1. The van der Waals surface area contributed by atoms with Gasteiger partial charge in [-0.25, -0.2) is 9.50 Å². The second-order valence-corrected chi connectivity index (χ2v) is 9.49. The van der Waals surface area contributed by atoms with E-state index in [-0.39, 0.29) is 28.3 Å². The molecule has 0 atom stereocenters. The number of hydrogen-bond donors (Lipinski definition) is 1. The van der Waals surface area contributed by atoms with Crippen molar-refractivity contribution in [3.63, 3.8) is 0 Å². The van der Waals surface area contributed by atoms with E-state index in [0.717, 1.165) is 25.1 Å². The molecule has 12 heteroatoms. The molecule has 5 aromatic rings. The molecule has 0 aliphatic rings. The molecule has 0 bridgehead atoms. The van der Waals surface area contributed by atoms with E-state index in [2.05, 4.69) is 39.4 Å². The number of hydrogen-bond acceptors (Lipinski definition) is 7. The van der Waals surface area contributed by atoms with Crippen molar-refractivity contribution in [2.45, 2.75) is 26.5 Å². The number of aryl methyl sites for hydroxylation is 1. The average molecular weight is 562 g/mol. The van der Waals surface area contributed by atoms with Gasteiger partial charge in [0.15, 0.2) is 5.65 Å². The number of rotatable bonds is 11. The predicted octanol–water partition coefficient (Wildman–Crippen LogP) is 5.62. The zero-order chi connectivity index (χ0) is 28.9.